The minimum atomic E-state index is -4.60. The van der Waals surface area contributed by atoms with Crippen molar-refractivity contribution in [3.05, 3.63) is 76.0 Å². The van der Waals surface area contributed by atoms with Crippen LogP contribution < -0.4 is 21.9 Å². The highest BCUT2D eigenvalue weighted by atomic mass is 35.5. The average molecular weight is 636 g/mol. The van der Waals surface area contributed by atoms with Gasteiger partial charge in [0.15, 0.2) is 5.69 Å². The predicted octanol–water partition coefficient (Wildman–Crippen LogP) is 3.21. The third-order valence-electron chi connectivity index (χ3n) is 7.75. The fourth-order valence-electron chi connectivity index (χ4n) is 6.01. The molecule has 2 unspecified atom stereocenters. The van der Waals surface area contributed by atoms with Gasteiger partial charge in [-0.05, 0) is 55.2 Å². The maximum absolute atomic E-state index is 13.5. The van der Waals surface area contributed by atoms with Crippen molar-refractivity contribution in [2.75, 3.05) is 24.5 Å². The summed E-state index contributed by atoms with van der Waals surface area (Å²) in [6.07, 6.45) is 4.20. The lowest BCUT2D eigenvalue weighted by Gasteiger charge is -2.38. The van der Waals surface area contributed by atoms with Crippen LogP contribution in [0.3, 0.4) is 0 Å². The first-order chi connectivity index (χ1) is 18.2. The Morgan fingerprint density at radius 3 is 2.67 bits per heavy atom. The van der Waals surface area contributed by atoms with Crippen LogP contribution in [0.1, 0.15) is 35.8 Å². The molecule has 40 heavy (non-hydrogen) atoms. The number of alkyl halides is 3. The number of hydrogen-bond donors (Lipinski definition) is 1. The van der Waals surface area contributed by atoms with Gasteiger partial charge in [-0.3, -0.25) is 4.90 Å². The van der Waals surface area contributed by atoms with Gasteiger partial charge in [-0.2, -0.15) is 13.2 Å². The second-order valence-electron chi connectivity index (χ2n) is 10.2. The normalized spacial score (nSPS) is 19.4. The van der Waals surface area contributed by atoms with Gasteiger partial charge in [-0.15, -0.1) is 12.4 Å². The van der Waals surface area contributed by atoms with Crippen LogP contribution in [0.4, 0.5) is 19.0 Å². The molecule has 0 spiro atoms. The summed E-state index contributed by atoms with van der Waals surface area (Å²) in [7, 11) is 2.00. The van der Waals surface area contributed by atoms with Crippen molar-refractivity contribution in [1.82, 2.24) is 19.4 Å². The molecule has 5 heterocycles. The molecule has 1 aromatic carbocycles. The topological polar surface area (TPSA) is 44.0 Å². The Morgan fingerprint density at radius 2 is 1.95 bits per heavy atom. The van der Waals surface area contributed by atoms with Gasteiger partial charge in [0.1, 0.15) is 24.8 Å². The maximum Gasteiger partial charge on any atom is 0.434 e. The van der Waals surface area contributed by atoms with Crippen LogP contribution in [-0.4, -0.2) is 45.1 Å². The van der Waals surface area contributed by atoms with Gasteiger partial charge < -0.3 is 22.3 Å². The Morgan fingerprint density at radius 1 is 1.15 bits per heavy atom. The monoisotopic (exact) mass is 634 g/mol. The molecule has 0 amide bonds. The fourth-order valence-corrected chi connectivity index (χ4v) is 6.40. The van der Waals surface area contributed by atoms with Gasteiger partial charge in [0.25, 0.3) is 0 Å². The van der Waals surface area contributed by atoms with Crippen LogP contribution in [0, 0.1) is 0 Å². The van der Waals surface area contributed by atoms with Crippen LogP contribution in [0.15, 0.2) is 49.1 Å². The van der Waals surface area contributed by atoms with Crippen molar-refractivity contribution >= 4 is 52.3 Å². The number of halogens is 7. The summed E-state index contributed by atoms with van der Waals surface area (Å²) in [5.41, 5.74) is 2.51. The molecule has 13 heteroatoms. The molecule has 0 radical (unpaired) electrons. The van der Waals surface area contributed by atoms with Crippen LogP contribution >= 0.6 is 35.6 Å². The van der Waals surface area contributed by atoms with Crippen molar-refractivity contribution in [2.45, 2.75) is 44.1 Å². The van der Waals surface area contributed by atoms with Gasteiger partial charge >= 0.3 is 6.18 Å². The molecule has 3 aromatic heterocycles. The third-order valence-corrected chi connectivity index (χ3v) is 8.29. The lowest BCUT2D eigenvalue weighted by atomic mass is 9.96. The van der Waals surface area contributed by atoms with Crippen molar-refractivity contribution in [1.29, 1.82) is 0 Å². The molecule has 1 saturated heterocycles. The Kier molecular flexibility index (Phi) is 9.22. The third kappa shape index (κ3) is 5.90. The van der Waals surface area contributed by atoms with E-state index in [1.807, 2.05) is 40.9 Å². The van der Waals surface area contributed by atoms with Gasteiger partial charge in [0.05, 0.1) is 18.1 Å². The van der Waals surface area contributed by atoms with Crippen molar-refractivity contribution in [2.24, 2.45) is 7.05 Å². The number of nitrogens with one attached hydrogen (secondary N) is 1. The molecule has 6 nitrogen and oxygen atoms in total. The zero-order chi connectivity index (χ0) is 26.6. The number of aromatic nitrogens is 4. The molecule has 216 valence electrons. The molecular weight excluding hydrogens is 607 g/mol. The molecule has 0 aliphatic carbocycles. The Hall–Kier alpha value is -2.17. The number of anilines is 1. The smallest absolute Gasteiger partial charge is 0.434 e. The van der Waals surface area contributed by atoms with Gasteiger partial charge in [-0.1, -0.05) is 23.2 Å². The van der Waals surface area contributed by atoms with Crippen LogP contribution in [0.25, 0.3) is 10.9 Å². The summed E-state index contributed by atoms with van der Waals surface area (Å²) in [6.45, 7) is 2.98. The van der Waals surface area contributed by atoms with E-state index >= 15 is 0 Å². The molecule has 1 fully saturated rings. The maximum atomic E-state index is 13.5. The van der Waals surface area contributed by atoms with Crippen LogP contribution in [0.2, 0.25) is 10.0 Å². The number of hydrogen-bond acceptors (Lipinski definition) is 3. The average Bonchev–Trinajstić information content (AvgIpc) is 3.59. The minimum Gasteiger partial charge on any atom is -1.00 e. The highest BCUT2D eigenvalue weighted by molar-refractivity contribution is 6.31. The molecule has 0 saturated carbocycles. The van der Waals surface area contributed by atoms with E-state index in [-0.39, 0.29) is 41.9 Å². The second-order valence-corrected chi connectivity index (χ2v) is 11.1. The van der Waals surface area contributed by atoms with E-state index in [1.165, 1.54) is 17.3 Å². The molecular formula is C27H29Cl4F3N6. The lowest BCUT2D eigenvalue weighted by molar-refractivity contribution is -0.702. The van der Waals surface area contributed by atoms with Crippen molar-refractivity contribution in [3.63, 3.8) is 0 Å². The van der Waals surface area contributed by atoms with Crippen LogP contribution in [0.5, 0.6) is 0 Å². The number of imidazole rings is 1. The van der Waals surface area contributed by atoms with E-state index in [9.17, 15) is 13.2 Å². The number of H-pyrrole nitrogens is 1. The number of pyridine rings is 1. The summed E-state index contributed by atoms with van der Waals surface area (Å²) < 4.78 is 44.7. The second kappa shape index (κ2) is 12.0. The zero-order valence-electron chi connectivity index (χ0n) is 21.6. The standard InChI is InChI=1S/C27H28Cl2F3N6.2ClH/c1-35-11-12-36(16-35)15-23-25-19(20-13-17(28)4-6-22(20)33-25)8-10-37(23)14-18-3-2-9-38(18)24-7-5-21(29)26(34-24)27(30,31)32;;/h4-7,11-13,16,18,23,33H,2-3,8-10,14-15H2,1H3;2*1H/q+1;;/p-1. The number of nitrogens with zero attached hydrogens (tertiary/aromatic N) is 5. The summed E-state index contributed by atoms with van der Waals surface area (Å²) in [6, 6.07) is 8.98. The van der Waals surface area contributed by atoms with Crippen molar-refractivity contribution < 1.29 is 30.1 Å². The number of benzene rings is 1. The van der Waals surface area contributed by atoms with Crippen LogP contribution in [-0.2, 0) is 26.2 Å². The molecule has 1 N–H and O–H groups in total. The first kappa shape index (κ1) is 30.8. The van der Waals surface area contributed by atoms with Gasteiger partial charge in [0, 0.05) is 47.3 Å². The Bertz CT molecular complexity index is 1490. The predicted molar refractivity (Wildman–Crippen MR) is 149 cm³/mol. The molecule has 2 aliphatic heterocycles. The summed E-state index contributed by atoms with van der Waals surface area (Å²) in [5, 5.41) is 1.49. The van der Waals surface area contributed by atoms with Gasteiger partial charge in [0.2, 0.25) is 6.33 Å². The van der Waals surface area contributed by atoms with E-state index < -0.39 is 11.9 Å². The largest absolute Gasteiger partial charge is 1.00 e. The van der Waals surface area contributed by atoms with E-state index in [0.29, 0.717) is 17.4 Å². The Balaban J connectivity index is 0.00000185. The molecule has 4 aromatic rings. The SMILES string of the molecule is Cl.Cn1cc[n+](CC2c3[nH]c4ccc(Cl)cc4c3CCN2CC2CCCN2c2ccc(Cl)c(C(F)(F)F)n2)c1.[Cl-]. The molecule has 2 aliphatic rings. The fraction of sp³-hybridized carbons (Fsp3) is 0.407. The highest BCUT2D eigenvalue weighted by Gasteiger charge is 2.38. The number of aromatic amines is 1. The first-order valence-corrected chi connectivity index (χ1v) is 13.5. The molecule has 6 rings (SSSR count). The summed E-state index contributed by atoms with van der Waals surface area (Å²) in [5.74, 6) is 0.330. The number of aryl methyl sites for hydroxylation is 1. The number of rotatable bonds is 5. The highest BCUT2D eigenvalue weighted by Crippen LogP contribution is 2.38. The lowest BCUT2D eigenvalue weighted by Crippen LogP contribution is -3.00. The first-order valence-electron chi connectivity index (χ1n) is 12.7. The molecule has 0 bridgehead atoms. The number of fused-ring (bicyclic) bond motifs is 3. The van der Waals surface area contributed by atoms with E-state index in [1.54, 1.807) is 6.07 Å². The zero-order valence-corrected chi connectivity index (χ0v) is 24.7. The summed E-state index contributed by atoms with van der Waals surface area (Å²) >= 11 is 12.2. The van der Waals surface area contributed by atoms with E-state index in [4.69, 9.17) is 23.2 Å². The molecule has 2 atom stereocenters. The minimum absolute atomic E-state index is 0. The van der Waals surface area contributed by atoms with E-state index in [0.717, 1.165) is 49.8 Å². The quantitative estimate of drug-likeness (QED) is 0.343. The van der Waals surface area contributed by atoms with E-state index in [2.05, 4.69) is 32.0 Å². The Labute approximate surface area is 252 Å². The van der Waals surface area contributed by atoms with Crippen molar-refractivity contribution in [3.8, 4) is 0 Å². The van der Waals surface area contributed by atoms with Gasteiger partial charge in [-0.25, -0.2) is 14.1 Å². The summed E-state index contributed by atoms with van der Waals surface area (Å²) in [4.78, 5) is 12.1.